The number of allylic oxidation sites excluding steroid dienone is 2. The van der Waals surface area contributed by atoms with E-state index in [4.69, 9.17) is 4.43 Å². The van der Waals surface area contributed by atoms with Crippen LogP contribution < -0.4 is 0 Å². The van der Waals surface area contributed by atoms with Crippen LogP contribution in [0, 0.1) is 28.6 Å². The Labute approximate surface area is 179 Å². The zero-order valence-electron chi connectivity index (χ0n) is 19.9. The highest BCUT2D eigenvalue weighted by atomic mass is 28.4. The van der Waals surface area contributed by atoms with Gasteiger partial charge in [-0.25, -0.2) is 0 Å². The lowest BCUT2D eigenvalue weighted by molar-refractivity contribution is -0.140. The van der Waals surface area contributed by atoms with Gasteiger partial charge in [-0.3, -0.25) is 9.59 Å². The number of rotatable bonds is 4. The molecule has 0 radical (unpaired) electrons. The molecular formula is C25H42O3Si. The highest BCUT2D eigenvalue weighted by Crippen LogP contribution is 2.63. The van der Waals surface area contributed by atoms with E-state index in [0.717, 1.165) is 25.7 Å². The van der Waals surface area contributed by atoms with Gasteiger partial charge in [-0.15, -0.1) is 0 Å². The van der Waals surface area contributed by atoms with Gasteiger partial charge in [-0.1, -0.05) is 33.8 Å². The Bertz CT molecular complexity index is 703. The first kappa shape index (κ1) is 22.9. The topological polar surface area (TPSA) is 43.4 Å². The molecule has 4 heteroatoms. The zero-order chi connectivity index (χ0) is 21.8. The lowest BCUT2D eigenvalue weighted by Gasteiger charge is -2.55. The maximum absolute atomic E-state index is 12.9. The minimum atomic E-state index is -1.80. The zero-order valence-corrected chi connectivity index (χ0v) is 20.9. The predicted octanol–water partition coefficient (Wildman–Crippen LogP) is 6.33. The van der Waals surface area contributed by atoms with Gasteiger partial charge in [0.2, 0.25) is 0 Å². The molecule has 0 aromatic heterocycles. The van der Waals surface area contributed by atoms with E-state index in [1.807, 2.05) is 6.08 Å². The summed E-state index contributed by atoms with van der Waals surface area (Å²) in [6.45, 7) is 17.8. The van der Waals surface area contributed by atoms with Crippen molar-refractivity contribution in [1.29, 1.82) is 0 Å². The average Bonchev–Trinajstić information content (AvgIpc) is 2.92. The van der Waals surface area contributed by atoms with E-state index in [0.29, 0.717) is 36.1 Å². The quantitative estimate of drug-likeness (QED) is 0.302. The van der Waals surface area contributed by atoms with Gasteiger partial charge in [-0.2, -0.15) is 0 Å². The average molecular weight is 422 g/mol. The number of hydrogen-bond donors (Lipinski definition) is 0. The number of carbonyl (C=O) groups excluding carboxylic acids is 2. The summed E-state index contributed by atoms with van der Waals surface area (Å²) >= 11 is 0. The summed E-state index contributed by atoms with van der Waals surface area (Å²) in [7, 11) is -1.80. The predicted molar refractivity (Wildman–Crippen MR) is 121 cm³/mol. The smallest absolute Gasteiger partial charge is 0.192 e. The van der Waals surface area contributed by atoms with Crippen LogP contribution in [0.5, 0.6) is 0 Å². The van der Waals surface area contributed by atoms with Crippen molar-refractivity contribution in [2.24, 2.45) is 28.6 Å². The molecule has 29 heavy (non-hydrogen) atoms. The van der Waals surface area contributed by atoms with Crippen LogP contribution in [0.4, 0.5) is 0 Å². The Hall–Kier alpha value is -0.743. The largest absolute Gasteiger partial charge is 0.413 e. The highest BCUT2D eigenvalue weighted by Gasteiger charge is 2.60. The van der Waals surface area contributed by atoms with E-state index >= 15 is 0 Å². The van der Waals surface area contributed by atoms with Gasteiger partial charge < -0.3 is 4.43 Å². The second-order valence-corrected chi connectivity index (χ2v) is 16.8. The Morgan fingerprint density at radius 1 is 1.10 bits per heavy atom. The van der Waals surface area contributed by atoms with E-state index in [2.05, 4.69) is 47.7 Å². The minimum Gasteiger partial charge on any atom is -0.413 e. The van der Waals surface area contributed by atoms with Gasteiger partial charge in [0, 0.05) is 11.8 Å². The van der Waals surface area contributed by atoms with Crippen molar-refractivity contribution in [2.45, 2.75) is 104 Å². The SMILES string of the molecule is CC(C)(C)[Si](C)(C)O[C@H]1CCC2C3CCC(=O)[C@](C)(/C=[13CH]/[13C]([13CH3])=O)C3CC[C@@]21C. The Balaban J connectivity index is 1.86. The first-order valence-corrected chi connectivity index (χ1v) is 14.5. The van der Waals surface area contributed by atoms with Crippen molar-refractivity contribution < 1.29 is 14.0 Å². The molecule has 0 aliphatic heterocycles. The molecule has 0 amide bonds. The fourth-order valence-electron chi connectivity index (χ4n) is 6.39. The fraction of sp³-hybridized carbons (Fsp3) is 0.840. The normalized spacial score (nSPS) is 40.8. The van der Waals surface area contributed by atoms with Crippen molar-refractivity contribution in [3.63, 3.8) is 0 Å². The summed E-state index contributed by atoms with van der Waals surface area (Å²) < 4.78 is 6.98. The lowest BCUT2D eigenvalue weighted by atomic mass is 9.50. The Morgan fingerprint density at radius 3 is 2.34 bits per heavy atom. The molecule has 3 unspecified atom stereocenters. The highest BCUT2D eigenvalue weighted by molar-refractivity contribution is 6.74. The Morgan fingerprint density at radius 2 is 1.76 bits per heavy atom. The molecule has 3 fully saturated rings. The van der Waals surface area contributed by atoms with Gasteiger partial charge in [0.1, 0.15) is 5.78 Å². The number of fused-ring (bicyclic) bond motifs is 3. The molecule has 0 saturated heterocycles. The van der Waals surface area contributed by atoms with Crippen LogP contribution in [0.25, 0.3) is 0 Å². The van der Waals surface area contributed by atoms with E-state index < -0.39 is 13.7 Å². The summed E-state index contributed by atoms with van der Waals surface area (Å²) in [5.41, 5.74) is -0.253. The van der Waals surface area contributed by atoms with Crippen molar-refractivity contribution in [1.82, 2.24) is 0 Å². The molecule has 3 nitrogen and oxygen atoms in total. The van der Waals surface area contributed by atoms with E-state index in [1.165, 1.54) is 6.42 Å². The van der Waals surface area contributed by atoms with Gasteiger partial charge in [0.05, 0.1) is 6.10 Å². The first-order chi connectivity index (χ1) is 13.2. The van der Waals surface area contributed by atoms with Crippen LogP contribution in [-0.2, 0) is 14.0 Å². The van der Waals surface area contributed by atoms with Crippen LogP contribution in [0.1, 0.15) is 80.1 Å². The third-order valence-electron chi connectivity index (χ3n) is 9.33. The summed E-state index contributed by atoms with van der Waals surface area (Å²) in [6, 6.07) is 0. The van der Waals surface area contributed by atoms with Crippen molar-refractivity contribution in [3.8, 4) is 0 Å². The molecular weight excluding hydrogens is 379 g/mol. The van der Waals surface area contributed by atoms with Crippen LogP contribution in [0.15, 0.2) is 12.2 Å². The van der Waals surface area contributed by atoms with Gasteiger partial charge >= 0.3 is 0 Å². The monoisotopic (exact) mass is 421 g/mol. The van der Waals surface area contributed by atoms with E-state index in [1.54, 1.807) is 13.0 Å². The molecule has 164 valence electrons. The summed E-state index contributed by atoms with van der Waals surface area (Å²) in [5, 5.41) is 0.228. The standard InChI is InChI=1S/C25H42O3Si/c1-17(26)13-15-24(5)20-14-16-25(6)19(18(20)9-11-21(24)27)10-12-22(25)28-29(7,8)23(2,3)4/h13,15,18-20,22H,9-12,14,16H2,1-8H3/b15-13+/t18?,19?,20?,22-,24+,25-/m0/s1/i1+1,13+1,17+1. The fourth-order valence-corrected chi connectivity index (χ4v) is 7.85. The van der Waals surface area contributed by atoms with Crippen LogP contribution in [-0.4, -0.2) is 26.0 Å². The number of ketones is 2. The molecule has 3 saturated carbocycles. The molecule has 0 spiro atoms. The van der Waals surface area contributed by atoms with Crippen molar-refractivity contribution >= 4 is 19.9 Å². The molecule has 3 aliphatic carbocycles. The third kappa shape index (κ3) is 3.84. The van der Waals surface area contributed by atoms with Gasteiger partial charge in [0.15, 0.2) is 14.1 Å². The van der Waals surface area contributed by atoms with Crippen LogP contribution in [0.3, 0.4) is 0 Å². The van der Waals surface area contributed by atoms with Gasteiger partial charge in [0.25, 0.3) is 0 Å². The van der Waals surface area contributed by atoms with E-state index in [-0.39, 0.29) is 16.2 Å². The van der Waals surface area contributed by atoms with Gasteiger partial charge in [-0.05, 0) is 93.3 Å². The molecule has 3 aliphatic rings. The molecule has 0 heterocycles. The van der Waals surface area contributed by atoms with E-state index in [9.17, 15) is 9.59 Å². The minimum absolute atomic E-state index is 0.0329. The Kier molecular flexibility index (Phi) is 5.88. The molecule has 0 aromatic rings. The second kappa shape index (κ2) is 7.44. The number of carbonyl (C=O) groups is 2. The number of hydrogen-bond acceptors (Lipinski definition) is 3. The second-order valence-electron chi connectivity index (χ2n) is 12.1. The summed E-state index contributed by atoms with van der Waals surface area (Å²) in [4.78, 5) is 24.5. The molecule has 3 rings (SSSR count). The summed E-state index contributed by atoms with van der Waals surface area (Å²) in [6.07, 6.45) is 10.2. The molecule has 0 aromatic carbocycles. The van der Waals surface area contributed by atoms with Crippen molar-refractivity contribution in [3.05, 3.63) is 12.2 Å². The third-order valence-corrected chi connectivity index (χ3v) is 13.8. The molecule has 6 atom stereocenters. The summed E-state index contributed by atoms with van der Waals surface area (Å²) in [5.74, 6) is 1.93. The maximum Gasteiger partial charge on any atom is 0.192 e. The molecule has 0 bridgehead atoms. The van der Waals surface area contributed by atoms with Crippen LogP contribution >= 0.6 is 0 Å². The lowest BCUT2D eigenvalue weighted by Crippen LogP contribution is -2.54. The number of Topliss-reactive ketones (excluding diaryl/α,β-unsaturated/α-hetero) is 1. The van der Waals surface area contributed by atoms with Crippen LogP contribution in [0.2, 0.25) is 18.1 Å². The first-order valence-electron chi connectivity index (χ1n) is 11.6. The van der Waals surface area contributed by atoms with Crippen molar-refractivity contribution in [2.75, 3.05) is 0 Å². The maximum atomic E-state index is 12.9. The molecule has 0 N–H and O–H groups in total.